The van der Waals surface area contributed by atoms with Gasteiger partial charge in [-0.2, -0.15) is 0 Å². The number of aromatic carboxylic acids is 1. The molecule has 0 atom stereocenters. The second-order valence-electron chi connectivity index (χ2n) is 5.75. The van der Waals surface area contributed by atoms with Gasteiger partial charge in [-0.15, -0.1) is 18.3 Å². The molecule has 0 spiro atoms. The zero-order valence-corrected chi connectivity index (χ0v) is 14.6. The number of halogens is 3. The fourth-order valence-electron chi connectivity index (χ4n) is 2.59. The Morgan fingerprint density at radius 2 is 2.14 bits per heavy atom. The highest BCUT2D eigenvalue weighted by Gasteiger charge is 2.31. The smallest absolute Gasteiger partial charge is 0.496 e. The highest BCUT2D eigenvalue weighted by molar-refractivity contribution is 5.85. The maximum atomic E-state index is 12.4. The molecule has 0 unspecified atom stereocenters. The number of aromatic nitrogens is 3. The van der Waals surface area contributed by atoms with Crippen molar-refractivity contribution in [1.29, 1.82) is 0 Å². The molecule has 2 heterocycles. The van der Waals surface area contributed by atoms with Crippen LogP contribution < -0.4 is 9.47 Å². The van der Waals surface area contributed by atoms with Gasteiger partial charge in [-0.05, 0) is 30.4 Å². The van der Waals surface area contributed by atoms with Gasteiger partial charge in [-0.1, -0.05) is 5.21 Å². The van der Waals surface area contributed by atoms with E-state index in [-0.39, 0.29) is 18.0 Å². The summed E-state index contributed by atoms with van der Waals surface area (Å²) in [5, 5.41) is 16.2. The first kappa shape index (κ1) is 19.3. The SMILES string of the molecule is COc1ccc(OC(F)(F)F)cc1CN1C=CC(n2cc(C(=O)O)nn2)=CC1. The predicted octanol–water partition coefficient (Wildman–Crippen LogP) is 2.75. The highest BCUT2D eigenvalue weighted by Crippen LogP contribution is 2.29. The molecule has 0 radical (unpaired) electrons. The largest absolute Gasteiger partial charge is 0.573 e. The number of carboxylic acid groups (broad SMARTS) is 1. The van der Waals surface area contributed by atoms with Crippen molar-refractivity contribution in [2.45, 2.75) is 12.9 Å². The van der Waals surface area contributed by atoms with Gasteiger partial charge in [0.15, 0.2) is 5.69 Å². The van der Waals surface area contributed by atoms with Crippen LogP contribution in [0.25, 0.3) is 5.70 Å². The van der Waals surface area contributed by atoms with Crippen LogP contribution in [-0.2, 0) is 6.54 Å². The molecule has 1 aliphatic rings. The Bertz CT molecular complexity index is 937. The average Bonchev–Trinajstić information content (AvgIpc) is 3.12. The zero-order valence-electron chi connectivity index (χ0n) is 14.6. The van der Waals surface area contributed by atoms with Gasteiger partial charge < -0.3 is 19.5 Å². The summed E-state index contributed by atoms with van der Waals surface area (Å²) in [6, 6.07) is 3.87. The van der Waals surface area contributed by atoms with Crippen molar-refractivity contribution in [3.63, 3.8) is 0 Å². The lowest BCUT2D eigenvalue weighted by Gasteiger charge is -2.24. The number of alkyl halides is 3. The molecular weight excluding hydrogens is 381 g/mol. The summed E-state index contributed by atoms with van der Waals surface area (Å²) < 4.78 is 47.8. The summed E-state index contributed by atoms with van der Waals surface area (Å²) in [5.74, 6) is -1.08. The third-order valence-electron chi connectivity index (χ3n) is 3.83. The van der Waals surface area contributed by atoms with E-state index >= 15 is 0 Å². The number of hydrogen-bond acceptors (Lipinski definition) is 6. The van der Waals surface area contributed by atoms with Crippen LogP contribution >= 0.6 is 0 Å². The van der Waals surface area contributed by atoms with Crippen molar-refractivity contribution in [1.82, 2.24) is 19.9 Å². The molecule has 1 aromatic carbocycles. The molecular formula is C17H15F3N4O4. The Morgan fingerprint density at radius 3 is 2.71 bits per heavy atom. The lowest BCUT2D eigenvalue weighted by atomic mass is 10.1. The summed E-state index contributed by atoms with van der Waals surface area (Å²) in [7, 11) is 1.43. The topological polar surface area (TPSA) is 89.7 Å². The molecule has 1 aliphatic heterocycles. The number of ether oxygens (including phenoxy) is 2. The van der Waals surface area contributed by atoms with Gasteiger partial charge in [0.1, 0.15) is 11.5 Å². The molecule has 0 aliphatic carbocycles. The van der Waals surface area contributed by atoms with Crippen LogP contribution in [0.3, 0.4) is 0 Å². The van der Waals surface area contributed by atoms with E-state index in [2.05, 4.69) is 15.0 Å². The monoisotopic (exact) mass is 396 g/mol. The molecule has 0 fully saturated rings. The van der Waals surface area contributed by atoms with Crippen LogP contribution in [-0.4, -0.2) is 51.0 Å². The Hall–Kier alpha value is -3.50. The van der Waals surface area contributed by atoms with Gasteiger partial charge in [0, 0.05) is 24.9 Å². The predicted molar refractivity (Wildman–Crippen MR) is 90.5 cm³/mol. The van der Waals surface area contributed by atoms with Crippen LogP contribution in [0.1, 0.15) is 16.1 Å². The number of methoxy groups -OCH3 is 1. The fraction of sp³-hybridized carbons (Fsp3) is 0.235. The third kappa shape index (κ3) is 4.61. The number of carboxylic acids is 1. The minimum atomic E-state index is -4.78. The first-order chi connectivity index (χ1) is 13.2. The van der Waals surface area contributed by atoms with Crippen LogP contribution in [0.2, 0.25) is 0 Å². The van der Waals surface area contributed by atoms with E-state index < -0.39 is 12.3 Å². The second kappa shape index (κ2) is 7.62. The molecule has 0 saturated heterocycles. The van der Waals surface area contributed by atoms with E-state index in [0.717, 1.165) is 0 Å². The molecule has 0 amide bonds. The summed E-state index contributed by atoms with van der Waals surface area (Å²) in [4.78, 5) is 12.7. The number of rotatable bonds is 6. The average molecular weight is 396 g/mol. The van der Waals surface area contributed by atoms with E-state index in [0.29, 0.717) is 23.6 Å². The summed E-state index contributed by atoms with van der Waals surface area (Å²) in [6.45, 7) is 0.692. The van der Waals surface area contributed by atoms with Crippen molar-refractivity contribution in [3.05, 3.63) is 54.0 Å². The van der Waals surface area contributed by atoms with Crippen molar-refractivity contribution in [3.8, 4) is 11.5 Å². The van der Waals surface area contributed by atoms with Crippen LogP contribution in [0.5, 0.6) is 11.5 Å². The van der Waals surface area contributed by atoms with Crippen molar-refractivity contribution < 1.29 is 32.5 Å². The van der Waals surface area contributed by atoms with Crippen LogP contribution in [0.15, 0.2) is 42.7 Å². The summed E-state index contributed by atoms with van der Waals surface area (Å²) in [6.07, 6.45) is 1.69. The molecule has 28 heavy (non-hydrogen) atoms. The lowest BCUT2D eigenvalue weighted by molar-refractivity contribution is -0.274. The van der Waals surface area contributed by atoms with E-state index in [4.69, 9.17) is 9.84 Å². The molecule has 148 valence electrons. The molecule has 11 heteroatoms. The zero-order chi connectivity index (χ0) is 20.3. The van der Waals surface area contributed by atoms with Gasteiger partial charge in [-0.3, -0.25) is 0 Å². The lowest BCUT2D eigenvalue weighted by Crippen LogP contribution is -2.21. The maximum absolute atomic E-state index is 12.4. The van der Waals surface area contributed by atoms with Gasteiger partial charge in [0.05, 0.1) is 19.0 Å². The van der Waals surface area contributed by atoms with E-state index in [1.165, 1.54) is 36.2 Å². The molecule has 0 bridgehead atoms. The van der Waals surface area contributed by atoms with E-state index in [1.54, 1.807) is 18.4 Å². The minimum absolute atomic E-state index is 0.178. The van der Waals surface area contributed by atoms with Crippen molar-refractivity contribution in [2.75, 3.05) is 13.7 Å². The normalized spacial score (nSPS) is 14.0. The number of nitrogens with zero attached hydrogens (tertiary/aromatic N) is 4. The first-order valence-corrected chi connectivity index (χ1v) is 7.96. The Labute approximate surface area is 157 Å². The van der Waals surface area contributed by atoms with Crippen LogP contribution in [0, 0.1) is 0 Å². The number of allylic oxidation sites excluding steroid dienone is 2. The molecule has 0 saturated carbocycles. The van der Waals surface area contributed by atoms with Crippen molar-refractivity contribution in [2.24, 2.45) is 0 Å². The van der Waals surface area contributed by atoms with Gasteiger partial charge >= 0.3 is 12.3 Å². The quantitative estimate of drug-likeness (QED) is 0.803. The summed E-state index contributed by atoms with van der Waals surface area (Å²) >= 11 is 0. The summed E-state index contributed by atoms with van der Waals surface area (Å²) in [5.41, 5.74) is 0.958. The standard InChI is InChI=1S/C17H15F3N4O4/c1-27-15-3-2-13(28-17(18,19)20)8-11(15)9-23-6-4-12(5-7-23)24-10-14(16(25)26)21-22-24/h2-6,8,10H,7,9H2,1H3,(H,25,26). The third-order valence-corrected chi connectivity index (χ3v) is 3.83. The fourth-order valence-corrected chi connectivity index (χ4v) is 2.59. The van der Waals surface area contributed by atoms with Crippen LogP contribution in [0.4, 0.5) is 13.2 Å². The van der Waals surface area contributed by atoms with Crippen molar-refractivity contribution >= 4 is 11.7 Å². The highest BCUT2D eigenvalue weighted by atomic mass is 19.4. The number of benzene rings is 1. The van der Waals surface area contributed by atoms with Gasteiger partial charge in [-0.25, -0.2) is 9.48 Å². The number of carbonyl (C=O) groups is 1. The molecule has 1 aromatic heterocycles. The van der Waals surface area contributed by atoms with Gasteiger partial charge in [0.2, 0.25) is 0 Å². The molecule has 2 aromatic rings. The molecule has 3 rings (SSSR count). The molecule has 1 N–H and O–H groups in total. The minimum Gasteiger partial charge on any atom is -0.496 e. The number of hydrogen-bond donors (Lipinski definition) is 1. The molecule has 8 nitrogen and oxygen atoms in total. The maximum Gasteiger partial charge on any atom is 0.573 e. The van der Waals surface area contributed by atoms with E-state index in [1.807, 2.05) is 4.90 Å². The van der Waals surface area contributed by atoms with Gasteiger partial charge in [0.25, 0.3) is 0 Å². The van der Waals surface area contributed by atoms with E-state index in [9.17, 15) is 18.0 Å². The first-order valence-electron chi connectivity index (χ1n) is 7.96. The Morgan fingerprint density at radius 1 is 1.36 bits per heavy atom. The Balaban J connectivity index is 1.71. The Kier molecular flexibility index (Phi) is 5.25. The second-order valence-corrected chi connectivity index (χ2v) is 5.75.